The highest BCUT2D eigenvalue weighted by Crippen LogP contribution is 2.40. The van der Waals surface area contributed by atoms with Crippen molar-refractivity contribution in [1.82, 2.24) is 24.6 Å². The van der Waals surface area contributed by atoms with Gasteiger partial charge in [0.05, 0.1) is 18.0 Å². The predicted octanol–water partition coefficient (Wildman–Crippen LogP) is 6.21. The van der Waals surface area contributed by atoms with E-state index in [2.05, 4.69) is 10.4 Å². The van der Waals surface area contributed by atoms with E-state index < -0.39 is 65.1 Å². The highest BCUT2D eigenvalue weighted by Gasteiger charge is 2.42. The molecule has 4 bridgehead atoms. The van der Waals surface area contributed by atoms with Gasteiger partial charge in [0.1, 0.15) is 17.5 Å². The van der Waals surface area contributed by atoms with Gasteiger partial charge in [-0.2, -0.15) is 31.4 Å². The molecule has 1 amide bonds. The number of alkyl halides is 6. The van der Waals surface area contributed by atoms with Crippen molar-refractivity contribution in [3.8, 4) is 17.2 Å². The number of carboxylic acid groups (broad SMARTS) is 1. The molecule has 2 N–H and O–H groups in total. The van der Waals surface area contributed by atoms with Crippen molar-refractivity contribution in [1.29, 1.82) is 0 Å². The number of hydrogen-bond acceptors (Lipinski definition) is 6. The number of hydrogen-bond donors (Lipinski definition) is 2. The van der Waals surface area contributed by atoms with Crippen LogP contribution < -0.4 is 15.6 Å². The van der Waals surface area contributed by atoms with Gasteiger partial charge in [-0.15, -0.1) is 0 Å². The molecule has 0 aliphatic carbocycles. The summed E-state index contributed by atoms with van der Waals surface area (Å²) in [7, 11) is 3.47. The lowest BCUT2D eigenvalue weighted by Crippen LogP contribution is -2.41. The van der Waals surface area contributed by atoms with E-state index in [0.717, 1.165) is 21.6 Å². The summed E-state index contributed by atoms with van der Waals surface area (Å²) in [4.78, 5) is 41.4. The maximum Gasteiger partial charge on any atom is 0.435 e. The zero-order chi connectivity index (χ0) is 36.7. The van der Waals surface area contributed by atoms with Gasteiger partial charge in [-0.3, -0.25) is 19.0 Å². The Hall–Kier alpha value is -5.12. The Kier molecular flexibility index (Phi) is 9.87. The summed E-state index contributed by atoms with van der Waals surface area (Å²) in [5.74, 6) is -2.56. The standard InChI is InChI=1S/C34H33F6N5O5/c1-18-11-19(2)29-26(12-18)50-22-9-5-7-20(13-22)30(44-16-21(8-6-10-43(3)4)24(14-27(44)46)33(35,36)37)32(49)41-25(15-28(47)48)23-17-45(29)42-31(23)34(38,39)40/h5,7,9,11-14,16-17,25,30H,6,8,10,15H2,1-4H3,(H,41,49)(H,47,48)/t25-,30+/m1/s1. The lowest BCUT2D eigenvalue weighted by Gasteiger charge is -2.25. The third kappa shape index (κ3) is 7.69. The van der Waals surface area contributed by atoms with Crippen molar-refractivity contribution in [2.75, 3.05) is 20.6 Å². The number of carboxylic acids is 1. The number of nitrogens with zero attached hydrogens (tertiary/aromatic N) is 4. The van der Waals surface area contributed by atoms with Crippen LogP contribution in [0.3, 0.4) is 0 Å². The van der Waals surface area contributed by atoms with Gasteiger partial charge in [-0.1, -0.05) is 18.2 Å². The average molecular weight is 706 g/mol. The van der Waals surface area contributed by atoms with Crippen LogP contribution in [-0.4, -0.2) is 56.9 Å². The van der Waals surface area contributed by atoms with Gasteiger partial charge >= 0.3 is 18.3 Å². The van der Waals surface area contributed by atoms with Crippen LogP contribution in [0, 0.1) is 13.8 Å². The van der Waals surface area contributed by atoms with Crippen LogP contribution in [0.2, 0.25) is 0 Å². The molecule has 1 aliphatic rings. The van der Waals surface area contributed by atoms with Crippen molar-refractivity contribution in [2.45, 2.75) is 57.5 Å². The number of aromatic nitrogens is 3. The molecule has 50 heavy (non-hydrogen) atoms. The Balaban J connectivity index is 1.79. The van der Waals surface area contributed by atoms with E-state index >= 15 is 0 Å². The topological polar surface area (TPSA) is 119 Å². The molecule has 0 saturated heterocycles. The number of ether oxygens (including phenoxy) is 1. The highest BCUT2D eigenvalue weighted by molar-refractivity contribution is 5.85. The Labute approximate surface area is 281 Å². The first-order valence-corrected chi connectivity index (χ1v) is 15.4. The highest BCUT2D eigenvalue weighted by atomic mass is 19.4. The second kappa shape index (κ2) is 13.7. The molecule has 1 aliphatic heterocycles. The molecular formula is C34H33F6N5O5. The van der Waals surface area contributed by atoms with E-state index in [9.17, 15) is 45.8 Å². The van der Waals surface area contributed by atoms with E-state index in [-0.39, 0.29) is 41.2 Å². The fourth-order valence-electron chi connectivity index (χ4n) is 6.09. The number of benzene rings is 2. The van der Waals surface area contributed by atoms with Crippen molar-refractivity contribution in [3.05, 3.63) is 104 Å². The summed E-state index contributed by atoms with van der Waals surface area (Å²) in [5.41, 5.74) is -3.58. The number of nitrogens with one attached hydrogen (secondary N) is 1. The van der Waals surface area contributed by atoms with Crippen LogP contribution in [0.5, 0.6) is 11.5 Å². The molecule has 0 unspecified atom stereocenters. The Morgan fingerprint density at radius 1 is 1.02 bits per heavy atom. The van der Waals surface area contributed by atoms with Crippen LogP contribution in [0.1, 0.15) is 64.0 Å². The summed E-state index contributed by atoms with van der Waals surface area (Å²) in [5, 5.41) is 15.9. The van der Waals surface area contributed by atoms with Gasteiger partial charge < -0.3 is 20.1 Å². The minimum atomic E-state index is -5.10. The third-order valence-electron chi connectivity index (χ3n) is 8.17. The average Bonchev–Trinajstić information content (AvgIpc) is 3.43. The molecule has 0 fully saturated rings. The molecule has 2 aromatic carbocycles. The van der Waals surface area contributed by atoms with Crippen molar-refractivity contribution >= 4 is 11.9 Å². The van der Waals surface area contributed by atoms with Gasteiger partial charge in [0.25, 0.3) is 5.56 Å². The first-order chi connectivity index (χ1) is 23.3. The normalized spacial score (nSPS) is 16.5. The van der Waals surface area contributed by atoms with E-state index in [1.165, 1.54) is 24.3 Å². The van der Waals surface area contributed by atoms with Gasteiger partial charge in [-0.25, -0.2) is 4.68 Å². The number of carbonyl (C=O) groups excluding carboxylic acids is 1. The largest absolute Gasteiger partial charge is 0.481 e. The SMILES string of the molecule is Cc1cc(C)c2c(c1)Oc1cccc(c1)[C@H](n1cc(CCCN(C)C)c(C(F)(F)F)cc1=O)C(=O)N[C@H](CC(=O)O)c1cn-2nc1C(F)(F)F. The maximum absolute atomic E-state index is 14.5. The summed E-state index contributed by atoms with van der Waals surface area (Å²) < 4.78 is 93.7. The molecule has 2 atom stereocenters. The monoisotopic (exact) mass is 705 g/mol. The molecule has 10 nitrogen and oxygen atoms in total. The van der Waals surface area contributed by atoms with Crippen LogP contribution in [-0.2, 0) is 28.4 Å². The van der Waals surface area contributed by atoms with Gasteiger partial charge in [0.2, 0.25) is 5.91 Å². The molecule has 0 radical (unpaired) electrons. The van der Waals surface area contributed by atoms with Crippen LogP contribution in [0.15, 0.2) is 59.7 Å². The molecule has 0 saturated carbocycles. The first-order valence-electron chi connectivity index (χ1n) is 15.4. The lowest BCUT2D eigenvalue weighted by molar-refractivity contribution is -0.144. The number of rotatable bonds is 7. The van der Waals surface area contributed by atoms with Crippen LogP contribution >= 0.6 is 0 Å². The molecule has 2 aromatic heterocycles. The van der Waals surface area contributed by atoms with E-state index in [1.54, 1.807) is 45.0 Å². The summed E-state index contributed by atoms with van der Waals surface area (Å²) in [6.45, 7) is 3.77. The smallest absolute Gasteiger partial charge is 0.435 e. The number of aryl methyl sites for hydroxylation is 3. The number of carbonyl (C=O) groups is 2. The number of aliphatic carboxylic acids is 1. The molecule has 3 heterocycles. The predicted molar refractivity (Wildman–Crippen MR) is 168 cm³/mol. The zero-order valence-electron chi connectivity index (χ0n) is 27.3. The Bertz CT molecular complexity index is 2000. The Morgan fingerprint density at radius 2 is 1.74 bits per heavy atom. The summed E-state index contributed by atoms with van der Waals surface area (Å²) >= 11 is 0. The zero-order valence-corrected chi connectivity index (χ0v) is 27.3. The molecule has 266 valence electrons. The molecular weight excluding hydrogens is 672 g/mol. The minimum Gasteiger partial charge on any atom is -0.481 e. The summed E-state index contributed by atoms with van der Waals surface area (Å²) in [6, 6.07) is 5.76. The summed E-state index contributed by atoms with van der Waals surface area (Å²) in [6.07, 6.45) is -9.03. The van der Waals surface area contributed by atoms with Gasteiger partial charge in [-0.05, 0) is 87.8 Å². The van der Waals surface area contributed by atoms with E-state index in [0.29, 0.717) is 23.7 Å². The van der Waals surface area contributed by atoms with Crippen molar-refractivity contribution in [2.24, 2.45) is 0 Å². The first kappa shape index (κ1) is 36.2. The number of pyridine rings is 1. The minimum absolute atomic E-state index is 0.0319. The van der Waals surface area contributed by atoms with E-state index in [1.807, 2.05) is 0 Å². The fourth-order valence-corrected chi connectivity index (χ4v) is 6.09. The van der Waals surface area contributed by atoms with Crippen molar-refractivity contribution < 1.29 is 45.8 Å². The fraction of sp³-hybridized carbons (Fsp3) is 0.353. The van der Waals surface area contributed by atoms with Gasteiger partial charge in [0.15, 0.2) is 11.4 Å². The number of fused-ring (bicyclic) bond motifs is 6. The van der Waals surface area contributed by atoms with Crippen LogP contribution in [0.4, 0.5) is 26.3 Å². The van der Waals surface area contributed by atoms with Gasteiger partial charge in [0, 0.05) is 24.0 Å². The number of halogens is 6. The number of amides is 1. The van der Waals surface area contributed by atoms with E-state index in [4.69, 9.17) is 4.74 Å². The second-order valence-corrected chi connectivity index (χ2v) is 12.4. The molecule has 4 aromatic rings. The maximum atomic E-state index is 14.5. The molecule has 5 rings (SSSR count). The lowest BCUT2D eigenvalue weighted by atomic mass is 9.99. The molecule has 0 spiro atoms. The Morgan fingerprint density at radius 3 is 2.38 bits per heavy atom. The third-order valence-corrected chi connectivity index (χ3v) is 8.17. The molecule has 16 heteroatoms. The second-order valence-electron chi connectivity index (χ2n) is 12.4. The quantitative estimate of drug-likeness (QED) is 0.220. The van der Waals surface area contributed by atoms with Crippen LogP contribution in [0.25, 0.3) is 5.69 Å². The van der Waals surface area contributed by atoms with Crippen molar-refractivity contribution in [3.63, 3.8) is 0 Å².